The van der Waals surface area contributed by atoms with Crippen LogP contribution in [0.2, 0.25) is 0 Å². The number of benzene rings is 1. The lowest BCUT2D eigenvalue weighted by molar-refractivity contribution is -0.274. The van der Waals surface area contributed by atoms with Crippen LogP contribution in [0, 0.1) is 0 Å². The van der Waals surface area contributed by atoms with Gasteiger partial charge in [0.2, 0.25) is 0 Å². The van der Waals surface area contributed by atoms with Crippen molar-refractivity contribution in [1.29, 1.82) is 0 Å². The van der Waals surface area contributed by atoms with Gasteiger partial charge in [0.1, 0.15) is 0 Å². The predicted octanol–water partition coefficient (Wildman–Crippen LogP) is 3.31. The summed E-state index contributed by atoms with van der Waals surface area (Å²) in [7, 11) is 0. The van der Waals surface area contributed by atoms with Gasteiger partial charge >= 0.3 is 6.36 Å². The van der Waals surface area contributed by atoms with E-state index in [0.29, 0.717) is 17.8 Å². The lowest BCUT2D eigenvalue weighted by atomic mass is 10.0. The molecule has 1 heterocycles. The molecule has 0 amide bonds. The van der Waals surface area contributed by atoms with Crippen LogP contribution in [0.1, 0.15) is 25.7 Å². The van der Waals surface area contributed by atoms with Gasteiger partial charge in [-0.2, -0.15) is 0 Å². The van der Waals surface area contributed by atoms with Crippen molar-refractivity contribution < 1.29 is 17.9 Å². The number of anilines is 1. The molecule has 1 N–H and O–H groups in total. The van der Waals surface area contributed by atoms with Gasteiger partial charge in [-0.25, -0.2) is 0 Å². The van der Waals surface area contributed by atoms with Gasteiger partial charge < -0.3 is 15.0 Å². The molecule has 0 spiro atoms. The van der Waals surface area contributed by atoms with Gasteiger partial charge in [-0.05, 0) is 37.8 Å². The third-order valence-electron chi connectivity index (χ3n) is 3.90. The average molecular weight is 300 g/mol. The lowest BCUT2D eigenvalue weighted by Gasteiger charge is -2.35. The largest absolute Gasteiger partial charge is 0.573 e. The highest BCUT2D eigenvalue weighted by atomic mass is 19.4. The van der Waals surface area contributed by atoms with Crippen LogP contribution in [-0.2, 0) is 0 Å². The number of piperidine rings is 1. The average Bonchev–Trinajstić information content (AvgIpc) is 3.22. The predicted molar refractivity (Wildman–Crippen MR) is 74.5 cm³/mol. The summed E-state index contributed by atoms with van der Waals surface area (Å²) in [6.45, 7) is 1.50. The van der Waals surface area contributed by atoms with E-state index in [9.17, 15) is 13.2 Å². The second-order valence-electron chi connectivity index (χ2n) is 5.74. The van der Waals surface area contributed by atoms with Crippen molar-refractivity contribution in [2.45, 2.75) is 44.1 Å². The maximum Gasteiger partial charge on any atom is 0.573 e. The van der Waals surface area contributed by atoms with Crippen LogP contribution >= 0.6 is 0 Å². The molecule has 0 bridgehead atoms. The van der Waals surface area contributed by atoms with Crippen molar-refractivity contribution in [3.05, 3.63) is 24.3 Å². The van der Waals surface area contributed by atoms with Gasteiger partial charge in [-0.15, -0.1) is 13.2 Å². The minimum atomic E-state index is -4.66. The highest BCUT2D eigenvalue weighted by molar-refractivity contribution is 5.58. The molecule has 1 saturated carbocycles. The van der Waals surface area contributed by atoms with Crippen molar-refractivity contribution in [3.63, 3.8) is 0 Å². The molecule has 116 valence electrons. The summed E-state index contributed by atoms with van der Waals surface area (Å²) in [5.74, 6) is -0.114. The van der Waals surface area contributed by atoms with Crippen LogP contribution in [0.25, 0.3) is 0 Å². The molecule has 6 heteroatoms. The number of ether oxygens (including phenoxy) is 1. The van der Waals surface area contributed by atoms with Gasteiger partial charge in [0.25, 0.3) is 0 Å². The molecule has 2 fully saturated rings. The van der Waals surface area contributed by atoms with E-state index in [-0.39, 0.29) is 5.75 Å². The Bertz CT molecular complexity index is 488. The van der Waals surface area contributed by atoms with E-state index in [1.54, 1.807) is 18.2 Å². The summed E-state index contributed by atoms with van der Waals surface area (Å²) in [6.07, 6.45) is -0.174. The van der Waals surface area contributed by atoms with Crippen molar-refractivity contribution in [3.8, 4) is 5.75 Å². The van der Waals surface area contributed by atoms with Crippen LogP contribution in [0.3, 0.4) is 0 Å². The highest BCUT2D eigenvalue weighted by Gasteiger charge is 2.33. The van der Waals surface area contributed by atoms with E-state index >= 15 is 0 Å². The summed E-state index contributed by atoms with van der Waals surface area (Å²) in [5.41, 5.74) is 0.525. The summed E-state index contributed by atoms with van der Waals surface area (Å²) in [4.78, 5) is 1.99. The minimum Gasteiger partial charge on any atom is -0.404 e. The van der Waals surface area contributed by atoms with Gasteiger partial charge in [0, 0.05) is 25.2 Å². The maximum atomic E-state index is 12.5. The maximum absolute atomic E-state index is 12.5. The number of nitrogens with one attached hydrogen (secondary N) is 1. The summed E-state index contributed by atoms with van der Waals surface area (Å²) >= 11 is 0. The number of hydrogen-bond donors (Lipinski definition) is 1. The second-order valence-corrected chi connectivity index (χ2v) is 5.74. The number of rotatable bonds is 4. The Hall–Kier alpha value is -1.43. The molecular weight excluding hydrogens is 281 g/mol. The molecule has 1 aliphatic heterocycles. The normalized spacial score (nSPS) is 23.2. The summed E-state index contributed by atoms with van der Waals surface area (Å²) < 4.78 is 41.6. The monoisotopic (exact) mass is 300 g/mol. The standard InChI is InChI=1S/C15H19F3N2O/c16-15(17,18)21-14-6-2-1-5-13(14)20-9-3-4-12(10-20)19-11-7-8-11/h1-2,5-6,11-12,19H,3-4,7-10H2. The van der Waals surface area contributed by atoms with Gasteiger partial charge in [-0.3, -0.25) is 0 Å². The molecule has 2 aliphatic rings. The number of alkyl halides is 3. The molecule has 0 radical (unpaired) electrons. The fraction of sp³-hybridized carbons (Fsp3) is 0.600. The quantitative estimate of drug-likeness (QED) is 0.923. The fourth-order valence-corrected chi connectivity index (χ4v) is 2.84. The van der Waals surface area contributed by atoms with Crippen LogP contribution in [0.5, 0.6) is 5.75 Å². The highest BCUT2D eigenvalue weighted by Crippen LogP contribution is 2.34. The van der Waals surface area contributed by atoms with Crippen molar-refractivity contribution in [1.82, 2.24) is 5.32 Å². The molecule has 1 aliphatic carbocycles. The molecule has 0 aromatic heterocycles. The van der Waals surface area contributed by atoms with Gasteiger partial charge in [0.15, 0.2) is 5.75 Å². The first-order valence-electron chi connectivity index (χ1n) is 7.37. The zero-order chi connectivity index (χ0) is 14.9. The van der Waals surface area contributed by atoms with Crippen molar-refractivity contribution in [2.75, 3.05) is 18.0 Å². The molecule has 1 aromatic rings. The molecule has 21 heavy (non-hydrogen) atoms. The number of para-hydroxylation sites is 2. The van der Waals surface area contributed by atoms with Gasteiger partial charge in [-0.1, -0.05) is 12.1 Å². The lowest BCUT2D eigenvalue weighted by Crippen LogP contribution is -2.46. The van der Waals surface area contributed by atoms with Gasteiger partial charge in [0.05, 0.1) is 5.69 Å². The molecule has 1 aromatic carbocycles. The Balaban J connectivity index is 1.72. The number of halogens is 3. The smallest absolute Gasteiger partial charge is 0.404 e. The number of nitrogens with zero attached hydrogens (tertiary/aromatic N) is 1. The Kier molecular flexibility index (Phi) is 3.97. The first kappa shape index (κ1) is 14.5. The molecule has 1 saturated heterocycles. The van der Waals surface area contributed by atoms with E-state index in [1.165, 1.54) is 18.9 Å². The zero-order valence-corrected chi connectivity index (χ0v) is 11.7. The molecular formula is C15H19F3N2O. The summed E-state index contributed by atoms with van der Waals surface area (Å²) in [6, 6.07) is 7.34. The Morgan fingerprint density at radius 3 is 2.57 bits per heavy atom. The van der Waals surface area contributed by atoms with Crippen LogP contribution in [-0.4, -0.2) is 31.5 Å². The van der Waals surface area contributed by atoms with E-state index < -0.39 is 6.36 Å². The van der Waals surface area contributed by atoms with Crippen LogP contribution < -0.4 is 15.0 Å². The van der Waals surface area contributed by atoms with E-state index in [0.717, 1.165) is 25.9 Å². The third kappa shape index (κ3) is 4.03. The SMILES string of the molecule is FC(F)(F)Oc1ccccc1N1CCCC(NC2CC2)C1. The molecule has 3 rings (SSSR count). The zero-order valence-electron chi connectivity index (χ0n) is 11.7. The topological polar surface area (TPSA) is 24.5 Å². The first-order valence-corrected chi connectivity index (χ1v) is 7.37. The van der Waals surface area contributed by atoms with Crippen LogP contribution in [0.4, 0.5) is 18.9 Å². The number of hydrogen-bond acceptors (Lipinski definition) is 3. The first-order chi connectivity index (χ1) is 10.0. The summed E-state index contributed by atoms with van der Waals surface area (Å²) in [5, 5.41) is 3.56. The van der Waals surface area contributed by atoms with E-state index in [1.807, 2.05) is 4.90 Å². The Morgan fingerprint density at radius 2 is 1.86 bits per heavy atom. The Labute approximate surface area is 122 Å². The minimum absolute atomic E-state index is 0.114. The Morgan fingerprint density at radius 1 is 1.10 bits per heavy atom. The molecule has 1 unspecified atom stereocenters. The van der Waals surface area contributed by atoms with E-state index in [4.69, 9.17) is 0 Å². The molecule has 1 atom stereocenters. The second kappa shape index (κ2) is 5.75. The third-order valence-corrected chi connectivity index (χ3v) is 3.90. The molecule has 3 nitrogen and oxygen atoms in total. The van der Waals surface area contributed by atoms with E-state index in [2.05, 4.69) is 10.1 Å². The van der Waals surface area contributed by atoms with Crippen molar-refractivity contribution in [2.24, 2.45) is 0 Å². The van der Waals surface area contributed by atoms with Crippen LogP contribution in [0.15, 0.2) is 24.3 Å². The fourth-order valence-electron chi connectivity index (χ4n) is 2.84. The van der Waals surface area contributed by atoms with Crippen molar-refractivity contribution >= 4 is 5.69 Å².